The molecular formula is C25H29Cl3F3N3O4S. The molecule has 0 radical (unpaired) electrons. The largest absolute Gasteiger partial charge is 0.417 e. The molecule has 0 fully saturated rings. The quantitative estimate of drug-likeness (QED) is 0.323. The normalized spacial score (nSPS) is 13.5. The van der Waals surface area contributed by atoms with Gasteiger partial charge in [-0.15, -0.1) is 0 Å². The maximum absolute atomic E-state index is 13.7. The lowest BCUT2D eigenvalue weighted by atomic mass is 10.1. The number of anilines is 1. The number of carbonyl (C=O) groups excluding carboxylic acids is 2. The predicted molar refractivity (Wildman–Crippen MR) is 148 cm³/mol. The third kappa shape index (κ3) is 8.64. The number of nitrogens with one attached hydrogen (secondary N) is 1. The summed E-state index contributed by atoms with van der Waals surface area (Å²) >= 11 is 18.3. The van der Waals surface area contributed by atoms with Crippen LogP contribution in [0.1, 0.15) is 44.7 Å². The van der Waals surface area contributed by atoms with Crippen molar-refractivity contribution in [3.63, 3.8) is 0 Å². The first kappa shape index (κ1) is 33.0. The third-order valence-corrected chi connectivity index (χ3v) is 8.18. The van der Waals surface area contributed by atoms with E-state index in [0.717, 1.165) is 23.3 Å². The number of sulfonamides is 1. The molecule has 39 heavy (non-hydrogen) atoms. The van der Waals surface area contributed by atoms with Gasteiger partial charge in [0.2, 0.25) is 21.8 Å². The van der Waals surface area contributed by atoms with Gasteiger partial charge in [0.25, 0.3) is 0 Å². The summed E-state index contributed by atoms with van der Waals surface area (Å²) in [6, 6.07) is 5.93. The number of carbonyl (C=O) groups is 2. The molecule has 0 aliphatic rings. The molecule has 2 aromatic rings. The van der Waals surface area contributed by atoms with Crippen LogP contribution in [0.4, 0.5) is 18.9 Å². The van der Waals surface area contributed by atoms with Gasteiger partial charge in [-0.25, -0.2) is 8.42 Å². The standard InChI is InChI=1S/C25H29Cl3F3N3O4S/c1-5-15(3)32-24(36)22(6-2)33(13-17-19(26)8-7-9-20(17)27)23(35)14-34(39(4,37)38)16-10-11-21(28)18(12-16)25(29,30)31/h7-12,15,22H,5-6,13-14H2,1-4H3,(H,32,36)/t15-,22+/m1/s1. The van der Waals surface area contributed by atoms with E-state index in [-0.39, 0.29) is 29.1 Å². The van der Waals surface area contributed by atoms with Crippen molar-refractivity contribution in [2.24, 2.45) is 0 Å². The smallest absolute Gasteiger partial charge is 0.352 e. The Morgan fingerprint density at radius 2 is 1.59 bits per heavy atom. The number of halogens is 6. The van der Waals surface area contributed by atoms with E-state index in [4.69, 9.17) is 34.8 Å². The van der Waals surface area contributed by atoms with Crippen molar-refractivity contribution in [1.82, 2.24) is 10.2 Å². The Balaban J connectivity index is 2.58. The molecule has 0 aliphatic heterocycles. The van der Waals surface area contributed by atoms with Crippen LogP contribution in [-0.2, 0) is 32.3 Å². The number of alkyl halides is 3. The van der Waals surface area contributed by atoms with Gasteiger partial charge in [0.05, 0.1) is 22.5 Å². The van der Waals surface area contributed by atoms with E-state index in [2.05, 4.69) is 5.32 Å². The highest BCUT2D eigenvalue weighted by atomic mass is 35.5. The summed E-state index contributed by atoms with van der Waals surface area (Å²) in [6.07, 6.45) is -3.35. The molecule has 2 aromatic carbocycles. The van der Waals surface area contributed by atoms with Crippen LogP contribution in [0.25, 0.3) is 0 Å². The van der Waals surface area contributed by atoms with E-state index in [0.29, 0.717) is 22.4 Å². The van der Waals surface area contributed by atoms with E-state index >= 15 is 0 Å². The summed E-state index contributed by atoms with van der Waals surface area (Å²) < 4.78 is 66.3. The summed E-state index contributed by atoms with van der Waals surface area (Å²) in [5.41, 5.74) is -1.36. The van der Waals surface area contributed by atoms with Crippen LogP contribution in [0.3, 0.4) is 0 Å². The van der Waals surface area contributed by atoms with Gasteiger partial charge in [-0.1, -0.05) is 54.7 Å². The molecule has 0 spiro atoms. The molecule has 0 unspecified atom stereocenters. The van der Waals surface area contributed by atoms with Crippen LogP contribution in [0.2, 0.25) is 15.1 Å². The van der Waals surface area contributed by atoms with Crippen molar-refractivity contribution in [3.8, 4) is 0 Å². The minimum absolute atomic E-state index is 0.147. The predicted octanol–water partition coefficient (Wildman–Crippen LogP) is 6.15. The van der Waals surface area contributed by atoms with E-state index in [1.807, 2.05) is 6.92 Å². The van der Waals surface area contributed by atoms with Gasteiger partial charge in [0, 0.05) is 28.2 Å². The third-order valence-electron chi connectivity index (χ3n) is 6.00. The molecule has 2 rings (SSSR count). The minimum atomic E-state index is -4.87. The van der Waals surface area contributed by atoms with Gasteiger partial charge < -0.3 is 10.2 Å². The second-order valence-electron chi connectivity index (χ2n) is 8.90. The average Bonchev–Trinajstić information content (AvgIpc) is 2.83. The van der Waals surface area contributed by atoms with Crippen molar-refractivity contribution >= 4 is 62.3 Å². The summed E-state index contributed by atoms with van der Waals surface area (Å²) in [5, 5.41) is 2.60. The lowest BCUT2D eigenvalue weighted by molar-refractivity contribution is -0.140. The summed E-state index contributed by atoms with van der Waals surface area (Å²) in [4.78, 5) is 28.0. The molecule has 2 atom stereocenters. The number of nitrogens with zero attached hydrogens (tertiary/aromatic N) is 2. The molecule has 0 aliphatic carbocycles. The molecule has 216 valence electrons. The van der Waals surface area contributed by atoms with Gasteiger partial charge in [-0.3, -0.25) is 13.9 Å². The molecule has 1 N–H and O–H groups in total. The second kappa shape index (κ2) is 13.4. The zero-order valence-corrected chi connectivity index (χ0v) is 24.7. The van der Waals surface area contributed by atoms with Crippen molar-refractivity contribution in [2.45, 2.75) is 58.4 Å². The molecule has 14 heteroatoms. The minimum Gasteiger partial charge on any atom is -0.352 e. The highest BCUT2D eigenvalue weighted by Gasteiger charge is 2.36. The van der Waals surface area contributed by atoms with Crippen LogP contribution in [0.5, 0.6) is 0 Å². The maximum atomic E-state index is 13.7. The van der Waals surface area contributed by atoms with E-state index in [9.17, 15) is 31.2 Å². The first-order chi connectivity index (χ1) is 18.0. The highest BCUT2D eigenvalue weighted by Crippen LogP contribution is 2.37. The topological polar surface area (TPSA) is 86.8 Å². The van der Waals surface area contributed by atoms with Crippen LogP contribution in [0, 0.1) is 0 Å². The summed E-state index contributed by atoms with van der Waals surface area (Å²) in [5.74, 6) is -1.34. The monoisotopic (exact) mass is 629 g/mol. The Labute approximate surface area is 241 Å². The van der Waals surface area contributed by atoms with Gasteiger partial charge in [-0.05, 0) is 50.1 Å². The zero-order valence-electron chi connectivity index (χ0n) is 21.7. The fourth-order valence-electron chi connectivity index (χ4n) is 3.71. The number of hydrogen-bond donors (Lipinski definition) is 1. The van der Waals surface area contributed by atoms with E-state index < -0.39 is 56.9 Å². The Hall–Kier alpha value is -2.21. The van der Waals surface area contributed by atoms with Gasteiger partial charge in [0.1, 0.15) is 12.6 Å². The summed E-state index contributed by atoms with van der Waals surface area (Å²) in [6.45, 7) is 4.16. The molecule has 2 amide bonds. The number of benzene rings is 2. The van der Waals surface area contributed by atoms with Crippen LogP contribution in [0.15, 0.2) is 36.4 Å². The second-order valence-corrected chi connectivity index (χ2v) is 12.0. The highest BCUT2D eigenvalue weighted by molar-refractivity contribution is 7.92. The summed E-state index contributed by atoms with van der Waals surface area (Å²) in [7, 11) is -4.26. The van der Waals surface area contributed by atoms with Crippen LogP contribution in [-0.4, -0.2) is 50.0 Å². The molecule has 0 bridgehead atoms. The molecule has 0 heterocycles. The van der Waals surface area contributed by atoms with E-state index in [1.54, 1.807) is 32.0 Å². The van der Waals surface area contributed by atoms with Crippen molar-refractivity contribution in [2.75, 3.05) is 17.1 Å². The molecule has 7 nitrogen and oxygen atoms in total. The lowest BCUT2D eigenvalue weighted by Gasteiger charge is -2.34. The van der Waals surface area contributed by atoms with Gasteiger partial charge >= 0.3 is 6.18 Å². The first-order valence-corrected chi connectivity index (χ1v) is 14.9. The average molecular weight is 631 g/mol. The zero-order chi connectivity index (χ0) is 29.7. The van der Waals surface area contributed by atoms with Crippen LogP contribution >= 0.6 is 34.8 Å². The molecule has 0 saturated carbocycles. The van der Waals surface area contributed by atoms with Crippen molar-refractivity contribution in [1.29, 1.82) is 0 Å². The first-order valence-electron chi connectivity index (χ1n) is 11.9. The van der Waals surface area contributed by atoms with E-state index in [1.165, 1.54) is 0 Å². The number of rotatable bonds is 11. The van der Waals surface area contributed by atoms with Crippen molar-refractivity contribution < 1.29 is 31.2 Å². The SMILES string of the molecule is CC[C@@H](C)NC(=O)[C@H](CC)N(Cc1c(Cl)cccc1Cl)C(=O)CN(c1ccc(Cl)c(C(F)(F)F)c1)S(C)(=O)=O. The Bertz CT molecular complexity index is 1290. The fraction of sp³-hybridized carbons (Fsp3) is 0.440. The Kier molecular flexibility index (Phi) is 11.4. The van der Waals surface area contributed by atoms with Crippen LogP contribution < -0.4 is 9.62 Å². The maximum Gasteiger partial charge on any atom is 0.417 e. The van der Waals surface area contributed by atoms with Gasteiger partial charge in [-0.2, -0.15) is 13.2 Å². The lowest BCUT2D eigenvalue weighted by Crippen LogP contribution is -2.53. The van der Waals surface area contributed by atoms with Gasteiger partial charge in [0.15, 0.2) is 0 Å². The Morgan fingerprint density at radius 1 is 1.00 bits per heavy atom. The number of hydrogen-bond acceptors (Lipinski definition) is 4. The molecule has 0 aromatic heterocycles. The van der Waals surface area contributed by atoms with Crippen molar-refractivity contribution in [3.05, 3.63) is 62.6 Å². The Morgan fingerprint density at radius 3 is 2.08 bits per heavy atom. The molecular weight excluding hydrogens is 602 g/mol. The fourth-order valence-corrected chi connectivity index (χ4v) is 5.30. The molecule has 0 saturated heterocycles. The number of amides is 2.